The minimum Gasteiger partial charge on any atom is -0.354 e. The number of nitrogens with zero attached hydrogens (tertiary/aromatic N) is 1. The first kappa shape index (κ1) is 18.5. The maximum absolute atomic E-state index is 3.65. The molecule has 0 bridgehead atoms. The number of anilines is 3. The van der Waals surface area contributed by atoms with Gasteiger partial charge in [0, 0.05) is 59.0 Å². The fourth-order valence-corrected chi connectivity index (χ4v) is 5.97. The molecule has 2 nitrogen and oxygen atoms in total. The molecule has 0 fully saturated rings. The maximum atomic E-state index is 3.65. The topological polar surface area (TPSA) is 19.0 Å². The van der Waals surface area contributed by atoms with Crippen molar-refractivity contribution in [3.8, 4) is 0 Å². The third kappa shape index (κ3) is 2.94. The first-order chi connectivity index (χ1) is 16.3. The molecule has 2 heterocycles. The van der Waals surface area contributed by atoms with Gasteiger partial charge in [-0.3, -0.25) is 0 Å². The number of thiophene rings is 1. The molecule has 0 saturated carbocycles. The minimum absolute atomic E-state index is 1.15. The summed E-state index contributed by atoms with van der Waals surface area (Å²) >= 11 is 1.86. The molecule has 33 heavy (non-hydrogen) atoms. The lowest BCUT2D eigenvalue weighted by Crippen LogP contribution is -2.09. The SMILES string of the molecule is c1ccc(N(c2ccccc2)c2ccc3[nH]c4cc5sc6ccccc6c5cc4c3c2)cc1. The highest BCUT2D eigenvalue weighted by Crippen LogP contribution is 2.40. The van der Waals surface area contributed by atoms with Gasteiger partial charge in [-0.1, -0.05) is 54.6 Å². The van der Waals surface area contributed by atoms with Crippen molar-refractivity contribution < 1.29 is 0 Å². The fourth-order valence-electron chi connectivity index (χ4n) is 4.85. The van der Waals surface area contributed by atoms with E-state index < -0.39 is 0 Å². The molecule has 0 radical (unpaired) electrons. The van der Waals surface area contributed by atoms with Gasteiger partial charge >= 0.3 is 0 Å². The number of hydrogen-bond acceptors (Lipinski definition) is 2. The Balaban J connectivity index is 1.48. The highest BCUT2D eigenvalue weighted by molar-refractivity contribution is 7.25. The molecule has 7 rings (SSSR count). The van der Waals surface area contributed by atoms with Crippen molar-refractivity contribution in [2.24, 2.45) is 0 Å². The molecule has 0 spiro atoms. The Morgan fingerprint density at radius 2 is 1.12 bits per heavy atom. The molecule has 0 unspecified atom stereocenters. The molecule has 0 aliphatic carbocycles. The number of benzene rings is 5. The van der Waals surface area contributed by atoms with Gasteiger partial charge in [0.1, 0.15) is 0 Å². The first-order valence-electron chi connectivity index (χ1n) is 11.1. The highest BCUT2D eigenvalue weighted by atomic mass is 32.1. The average Bonchev–Trinajstić information content (AvgIpc) is 3.41. The van der Waals surface area contributed by atoms with Crippen molar-refractivity contribution >= 4 is 70.4 Å². The molecule has 0 aliphatic heterocycles. The lowest BCUT2D eigenvalue weighted by molar-refractivity contribution is 1.29. The van der Waals surface area contributed by atoms with Gasteiger partial charge < -0.3 is 9.88 Å². The van der Waals surface area contributed by atoms with E-state index in [-0.39, 0.29) is 0 Å². The van der Waals surface area contributed by atoms with Crippen LogP contribution in [0.1, 0.15) is 0 Å². The zero-order chi connectivity index (χ0) is 21.8. The Hall–Kier alpha value is -4.08. The van der Waals surface area contributed by atoms with Crippen molar-refractivity contribution in [2.45, 2.75) is 0 Å². The molecule has 0 aliphatic rings. The number of hydrogen-bond donors (Lipinski definition) is 1. The Morgan fingerprint density at radius 1 is 0.455 bits per heavy atom. The number of aromatic nitrogens is 1. The number of nitrogens with one attached hydrogen (secondary N) is 1. The van der Waals surface area contributed by atoms with Gasteiger partial charge in [0.2, 0.25) is 0 Å². The van der Waals surface area contributed by atoms with E-state index in [2.05, 4.69) is 125 Å². The molecule has 0 saturated heterocycles. The molecule has 7 aromatic rings. The standard InChI is InChI=1S/C30H20N2S/c1-3-9-20(10-4-1)32(21-11-5-2-6-12-21)22-15-16-27-24(17-22)25-18-26-23-13-7-8-14-29(23)33-30(26)19-28(25)31-27/h1-19,31H. The van der Waals surface area contributed by atoms with Gasteiger partial charge in [0.25, 0.3) is 0 Å². The van der Waals surface area contributed by atoms with Crippen LogP contribution in [0.3, 0.4) is 0 Å². The summed E-state index contributed by atoms with van der Waals surface area (Å²) in [4.78, 5) is 5.96. The van der Waals surface area contributed by atoms with Crippen molar-refractivity contribution in [3.63, 3.8) is 0 Å². The zero-order valence-corrected chi connectivity index (χ0v) is 18.6. The number of rotatable bonds is 3. The van der Waals surface area contributed by atoms with Crippen LogP contribution >= 0.6 is 11.3 Å². The third-order valence-electron chi connectivity index (χ3n) is 6.37. The molecule has 5 aromatic carbocycles. The van der Waals surface area contributed by atoms with Crippen molar-refractivity contribution in [1.82, 2.24) is 4.98 Å². The van der Waals surface area contributed by atoms with E-state index in [1.165, 1.54) is 36.5 Å². The largest absolute Gasteiger partial charge is 0.354 e. The molecule has 3 heteroatoms. The van der Waals surface area contributed by atoms with E-state index >= 15 is 0 Å². The molecule has 0 amide bonds. The lowest BCUT2D eigenvalue weighted by atomic mass is 10.1. The average molecular weight is 441 g/mol. The van der Waals surface area contributed by atoms with Crippen molar-refractivity contribution in [3.05, 3.63) is 115 Å². The summed E-state index contributed by atoms with van der Waals surface area (Å²) in [5.41, 5.74) is 5.79. The van der Waals surface area contributed by atoms with Crippen LogP contribution < -0.4 is 4.90 Å². The van der Waals surface area contributed by atoms with Gasteiger partial charge in [0.05, 0.1) is 0 Å². The lowest BCUT2D eigenvalue weighted by Gasteiger charge is -2.25. The summed E-state index contributed by atoms with van der Waals surface area (Å²) in [5.74, 6) is 0. The third-order valence-corrected chi connectivity index (χ3v) is 7.50. The molecule has 0 atom stereocenters. The van der Waals surface area contributed by atoms with E-state index in [0.29, 0.717) is 0 Å². The monoisotopic (exact) mass is 440 g/mol. The van der Waals surface area contributed by atoms with Crippen LogP contribution in [-0.4, -0.2) is 4.98 Å². The van der Waals surface area contributed by atoms with Crippen LogP contribution in [0.25, 0.3) is 42.0 Å². The molecule has 1 N–H and O–H groups in total. The molecule has 2 aromatic heterocycles. The van der Waals surface area contributed by atoms with Gasteiger partial charge in [-0.05, 0) is 60.7 Å². The summed E-state index contributed by atoms with van der Waals surface area (Å²) in [5, 5.41) is 5.18. The number of H-pyrrole nitrogens is 1. The Bertz CT molecular complexity index is 1720. The second-order valence-corrected chi connectivity index (χ2v) is 9.44. The fraction of sp³-hybridized carbons (Fsp3) is 0. The second kappa shape index (κ2) is 7.22. The molecule has 156 valence electrons. The van der Waals surface area contributed by atoms with Crippen LogP contribution in [0.5, 0.6) is 0 Å². The van der Waals surface area contributed by atoms with E-state index in [9.17, 15) is 0 Å². The van der Waals surface area contributed by atoms with Crippen molar-refractivity contribution in [1.29, 1.82) is 0 Å². The van der Waals surface area contributed by atoms with E-state index in [4.69, 9.17) is 0 Å². The Morgan fingerprint density at radius 3 is 1.88 bits per heavy atom. The van der Waals surface area contributed by atoms with Crippen LogP contribution in [-0.2, 0) is 0 Å². The van der Waals surface area contributed by atoms with E-state index in [0.717, 1.165) is 22.6 Å². The predicted octanol–water partition coefficient (Wildman–Crippen LogP) is 9.16. The Labute approximate surface area is 195 Å². The summed E-state index contributed by atoms with van der Waals surface area (Å²) in [7, 11) is 0. The van der Waals surface area contributed by atoms with E-state index in [1.54, 1.807) is 0 Å². The first-order valence-corrected chi connectivity index (χ1v) is 11.9. The van der Waals surface area contributed by atoms with Gasteiger partial charge in [-0.15, -0.1) is 11.3 Å². The highest BCUT2D eigenvalue weighted by Gasteiger charge is 2.15. The van der Waals surface area contributed by atoms with Crippen LogP contribution in [0.2, 0.25) is 0 Å². The van der Waals surface area contributed by atoms with Gasteiger partial charge in [-0.25, -0.2) is 0 Å². The summed E-state index contributed by atoms with van der Waals surface area (Å²) in [6, 6.07) is 41.2. The summed E-state index contributed by atoms with van der Waals surface area (Å²) in [6.07, 6.45) is 0. The summed E-state index contributed by atoms with van der Waals surface area (Å²) in [6.45, 7) is 0. The van der Waals surface area contributed by atoms with Crippen LogP contribution in [0.15, 0.2) is 115 Å². The van der Waals surface area contributed by atoms with Crippen molar-refractivity contribution in [2.75, 3.05) is 4.90 Å². The number of fused-ring (bicyclic) bond motifs is 6. The molecular formula is C30H20N2S. The van der Waals surface area contributed by atoms with Gasteiger partial charge in [0.15, 0.2) is 0 Å². The number of para-hydroxylation sites is 2. The maximum Gasteiger partial charge on any atom is 0.0479 e. The minimum atomic E-state index is 1.15. The predicted molar refractivity (Wildman–Crippen MR) is 143 cm³/mol. The quantitative estimate of drug-likeness (QED) is 0.290. The smallest absolute Gasteiger partial charge is 0.0479 e. The zero-order valence-electron chi connectivity index (χ0n) is 17.8. The van der Waals surface area contributed by atoms with Crippen LogP contribution in [0, 0.1) is 0 Å². The molecular weight excluding hydrogens is 420 g/mol. The van der Waals surface area contributed by atoms with E-state index in [1.807, 2.05) is 11.3 Å². The normalized spacial score (nSPS) is 11.6. The van der Waals surface area contributed by atoms with Crippen LogP contribution in [0.4, 0.5) is 17.1 Å². The number of aromatic amines is 1. The summed E-state index contributed by atoms with van der Waals surface area (Å²) < 4.78 is 2.66. The Kier molecular flexibility index (Phi) is 4.05. The second-order valence-electron chi connectivity index (χ2n) is 8.35. The van der Waals surface area contributed by atoms with Gasteiger partial charge in [-0.2, -0.15) is 0 Å².